The Morgan fingerprint density at radius 3 is 2.70 bits per heavy atom. The van der Waals surface area contributed by atoms with Crippen LogP contribution < -0.4 is 10.1 Å². The second-order valence-electron chi connectivity index (χ2n) is 5.74. The van der Waals surface area contributed by atoms with Gasteiger partial charge in [-0.15, -0.1) is 0 Å². The zero-order chi connectivity index (χ0) is 19.2. The van der Waals surface area contributed by atoms with E-state index in [1.165, 1.54) is 25.3 Å². The van der Waals surface area contributed by atoms with Crippen LogP contribution >= 0.6 is 0 Å². The molecule has 1 N–H and O–H groups in total. The topological polar surface area (TPSA) is 99.3 Å². The monoisotopic (exact) mass is 366 g/mol. The van der Waals surface area contributed by atoms with Gasteiger partial charge < -0.3 is 10.1 Å². The molecule has 138 valence electrons. The van der Waals surface area contributed by atoms with Crippen LogP contribution in [-0.4, -0.2) is 34.3 Å². The molecule has 8 heteroatoms. The third-order valence-electron chi connectivity index (χ3n) is 3.97. The molecule has 2 aromatic carbocycles. The summed E-state index contributed by atoms with van der Waals surface area (Å²) >= 11 is 0. The first kappa shape index (κ1) is 18.1. The zero-order valence-corrected chi connectivity index (χ0v) is 14.7. The molecule has 0 spiro atoms. The summed E-state index contributed by atoms with van der Waals surface area (Å²) in [4.78, 5) is 22.7. The fraction of sp³-hybridized carbons (Fsp3) is 0.158. The Hall–Kier alpha value is -3.68. The van der Waals surface area contributed by atoms with Gasteiger partial charge >= 0.3 is 5.69 Å². The lowest BCUT2D eigenvalue weighted by Gasteiger charge is -2.06. The molecule has 0 aliphatic rings. The van der Waals surface area contributed by atoms with Gasteiger partial charge in [0.25, 0.3) is 5.91 Å². The molecule has 0 saturated heterocycles. The highest BCUT2D eigenvalue weighted by Crippen LogP contribution is 2.27. The zero-order valence-electron chi connectivity index (χ0n) is 14.7. The van der Waals surface area contributed by atoms with Crippen molar-refractivity contribution >= 4 is 11.6 Å². The van der Waals surface area contributed by atoms with Crippen molar-refractivity contribution in [3.63, 3.8) is 0 Å². The van der Waals surface area contributed by atoms with Crippen molar-refractivity contribution in [2.24, 2.45) is 0 Å². The standard InChI is InChI=1S/C19H18N4O4/c1-27-18-8-7-14(13-17(18)23(25)26)19(24)20-11-9-15-10-12-22(21-15)16-5-3-2-4-6-16/h2-8,10,12-13H,9,11H2,1H3,(H,20,24). The van der Waals surface area contributed by atoms with Gasteiger partial charge in [0, 0.05) is 30.8 Å². The summed E-state index contributed by atoms with van der Waals surface area (Å²) in [6.45, 7) is 0.366. The average Bonchev–Trinajstić information content (AvgIpc) is 3.17. The third kappa shape index (κ3) is 4.30. The Morgan fingerprint density at radius 2 is 2.00 bits per heavy atom. The van der Waals surface area contributed by atoms with Crippen molar-refractivity contribution in [3.05, 3.63) is 82.2 Å². The van der Waals surface area contributed by atoms with E-state index in [0.29, 0.717) is 13.0 Å². The molecule has 0 fully saturated rings. The van der Waals surface area contributed by atoms with E-state index in [-0.39, 0.29) is 22.9 Å². The predicted molar refractivity (Wildman–Crippen MR) is 99.2 cm³/mol. The third-order valence-corrected chi connectivity index (χ3v) is 3.97. The van der Waals surface area contributed by atoms with Crippen molar-refractivity contribution in [2.45, 2.75) is 6.42 Å². The molecule has 8 nitrogen and oxygen atoms in total. The van der Waals surface area contributed by atoms with Gasteiger partial charge in [0.15, 0.2) is 5.75 Å². The number of amides is 1. The second kappa shape index (κ2) is 8.13. The summed E-state index contributed by atoms with van der Waals surface area (Å²) in [5, 5.41) is 18.3. The molecule has 3 aromatic rings. The number of aromatic nitrogens is 2. The van der Waals surface area contributed by atoms with E-state index in [0.717, 1.165) is 11.4 Å². The molecule has 3 rings (SSSR count). The number of nitro benzene ring substituents is 1. The number of para-hydroxylation sites is 1. The number of nitrogens with zero attached hydrogens (tertiary/aromatic N) is 3. The van der Waals surface area contributed by atoms with Crippen molar-refractivity contribution in [1.82, 2.24) is 15.1 Å². The van der Waals surface area contributed by atoms with Gasteiger partial charge in [0.1, 0.15) is 0 Å². The molecule has 1 aromatic heterocycles. The Kier molecular flexibility index (Phi) is 5.46. The van der Waals surface area contributed by atoms with Gasteiger partial charge in [-0.25, -0.2) is 4.68 Å². The largest absolute Gasteiger partial charge is 0.490 e. The number of ether oxygens (including phenoxy) is 1. The fourth-order valence-corrected chi connectivity index (χ4v) is 2.60. The van der Waals surface area contributed by atoms with Crippen LogP contribution in [0.3, 0.4) is 0 Å². The van der Waals surface area contributed by atoms with Crippen LogP contribution in [0.5, 0.6) is 5.75 Å². The van der Waals surface area contributed by atoms with E-state index >= 15 is 0 Å². The molecule has 1 heterocycles. The van der Waals surface area contributed by atoms with E-state index in [1.54, 1.807) is 4.68 Å². The summed E-state index contributed by atoms with van der Waals surface area (Å²) < 4.78 is 6.70. The number of nitro groups is 1. The van der Waals surface area contributed by atoms with E-state index in [2.05, 4.69) is 10.4 Å². The summed E-state index contributed by atoms with van der Waals surface area (Å²) in [5.41, 5.74) is 1.75. The lowest BCUT2D eigenvalue weighted by molar-refractivity contribution is -0.385. The Balaban J connectivity index is 1.59. The average molecular weight is 366 g/mol. The van der Waals surface area contributed by atoms with Crippen molar-refractivity contribution in [3.8, 4) is 11.4 Å². The van der Waals surface area contributed by atoms with Crippen molar-refractivity contribution in [1.29, 1.82) is 0 Å². The number of benzene rings is 2. The maximum atomic E-state index is 12.2. The van der Waals surface area contributed by atoms with E-state index in [4.69, 9.17) is 4.74 Å². The molecule has 0 atom stereocenters. The first-order chi connectivity index (χ1) is 13.1. The van der Waals surface area contributed by atoms with Crippen molar-refractivity contribution < 1.29 is 14.5 Å². The predicted octanol–water partition coefficient (Wildman–Crippen LogP) is 2.76. The number of hydrogen-bond acceptors (Lipinski definition) is 5. The highest BCUT2D eigenvalue weighted by atomic mass is 16.6. The minimum Gasteiger partial charge on any atom is -0.490 e. The van der Waals surface area contributed by atoms with Gasteiger partial charge in [-0.3, -0.25) is 14.9 Å². The summed E-state index contributed by atoms with van der Waals surface area (Å²) in [6.07, 6.45) is 2.41. The summed E-state index contributed by atoms with van der Waals surface area (Å²) in [7, 11) is 1.34. The van der Waals surface area contributed by atoms with Gasteiger partial charge in [0.05, 0.1) is 23.4 Å². The Labute approximate surface area is 155 Å². The van der Waals surface area contributed by atoms with E-state index < -0.39 is 4.92 Å². The van der Waals surface area contributed by atoms with Crippen LogP contribution in [0.4, 0.5) is 5.69 Å². The molecular weight excluding hydrogens is 348 g/mol. The number of rotatable bonds is 7. The van der Waals surface area contributed by atoms with Crippen LogP contribution in [0.15, 0.2) is 60.8 Å². The van der Waals surface area contributed by atoms with Gasteiger partial charge in [-0.1, -0.05) is 18.2 Å². The SMILES string of the molecule is COc1ccc(C(=O)NCCc2ccn(-c3ccccc3)n2)cc1[N+](=O)[O-]. The molecule has 0 aliphatic carbocycles. The number of nitrogens with one attached hydrogen (secondary N) is 1. The summed E-state index contributed by atoms with van der Waals surface area (Å²) in [6, 6.07) is 15.7. The highest BCUT2D eigenvalue weighted by molar-refractivity contribution is 5.95. The molecule has 1 amide bonds. The maximum Gasteiger partial charge on any atom is 0.311 e. The van der Waals surface area contributed by atoms with Crippen molar-refractivity contribution in [2.75, 3.05) is 13.7 Å². The summed E-state index contributed by atoms with van der Waals surface area (Å²) in [5.74, 6) is -0.272. The number of carbonyl (C=O) groups excluding carboxylic acids is 1. The first-order valence-corrected chi connectivity index (χ1v) is 8.29. The maximum absolute atomic E-state index is 12.2. The van der Waals surface area contributed by atoms with Crippen LogP contribution in [0.25, 0.3) is 5.69 Å². The van der Waals surface area contributed by atoms with Gasteiger partial charge in [0.2, 0.25) is 0 Å². The minimum absolute atomic E-state index is 0.114. The molecule has 0 saturated carbocycles. The molecular formula is C19H18N4O4. The first-order valence-electron chi connectivity index (χ1n) is 8.29. The smallest absolute Gasteiger partial charge is 0.311 e. The van der Waals surface area contributed by atoms with E-state index in [1.807, 2.05) is 42.6 Å². The van der Waals surface area contributed by atoms with Gasteiger partial charge in [-0.05, 0) is 30.3 Å². The van der Waals surface area contributed by atoms with Crippen LogP contribution in [0.2, 0.25) is 0 Å². The highest BCUT2D eigenvalue weighted by Gasteiger charge is 2.18. The van der Waals surface area contributed by atoms with Gasteiger partial charge in [-0.2, -0.15) is 5.10 Å². The van der Waals surface area contributed by atoms with E-state index in [9.17, 15) is 14.9 Å². The lowest BCUT2D eigenvalue weighted by atomic mass is 10.1. The quantitative estimate of drug-likeness (QED) is 0.512. The van der Waals surface area contributed by atoms with Crippen LogP contribution in [-0.2, 0) is 6.42 Å². The molecule has 0 unspecified atom stereocenters. The number of hydrogen-bond donors (Lipinski definition) is 1. The number of carbonyl (C=O) groups is 1. The Bertz CT molecular complexity index is 953. The lowest BCUT2D eigenvalue weighted by Crippen LogP contribution is -2.25. The van der Waals surface area contributed by atoms with Crippen LogP contribution in [0, 0.1) is 10.1 Å². The molecule has 0 radical (unpaired) electrons. The molecule has 27 heavy (non-hydrogen) atoms. The fourth-order valence-electron chi connectivity index (χ4n) is 2.60. The molecule has 0 aliphatic heterocycles. The normalized spacial score (nSPS) is 10.4. The Morgan fingerprint density at radius 1 is 1.22 bits per heavy atom. The number of methoxy groups -OCH3 is 1. The minimum atomic E-state index is -0.578. The second-order valence-corrected chi connectivity index (χ2v) is 5.74. The molecule has 0 bridgehead atoms. The van der Waals surface area contributed by atoms with Crippen LogP contribution in [0.1, 0.15) is 16.1 Å².